The van der Waals surface area contributed by atoms with Crippen LogP contribution in [0.2, 0.25) is 0 Å². The van der Waals surface area contributed by atoms with E-state index in [4.69, 9.17) is 0 Å². The first-order chi connectivity index (χ1) is 26.8. The largest absolute Gasteiger partial charge is 0.0622 e. The fourth-order valence-corrected chi connectivity index (χ4v) is 22.0. The van der Waals surface area contributed by atoms with Crippen molar-refractivity contribution in [3.8, 4) is 0 Å². The highest BCUT2D eigenvalue weighted by atomic mass is 14.8. The third kappa shape index (κ3) is 5.78. The summed E-state index contributed by atoms with van der Waals surface area (Å²) in [7, 11) is 0. The van der Waals surface area contributed by atoms with Gasteiger partial charge >= 0.3 is 0 Å². The van der Waals surface area contributed by atoms with Crippen molar-refractivity contribution in [3.63, 3.8) is 0 Å². The minimum Gasteiger partial charge on any atom is -0.0622 e. The zero-order valence-corrected chi connectivity index (χ0v) is 37.2. The van der Waals surface area contributed by atoms with Gasteiger partial charge in [0.1, 0.15) is 0 Å². The van der Waals surface area contributed by atoms with Crippen molar-refractivity contribution in [1.29, 1.82) is 0 Å². The molecule has 0 nitrogen and oxygen atoms in total. The number of hydrogen-bond donors (Lipinski definition) is 0. The van der Waals surface area contributed by atoms with E-state index in [0.717, 1.165) is 130 Å². The second-order valence-corrected chi connectivity index (χ2v) is 25.9. The fraction of sp³-hybridized carbons (Fsp3) is 1.00. The molecule has 0 heterocycles. The van der Waals surface area contributed by atoms with Gasteiger partial charge in [0.05, 0.1) is 0 Å². The van der Waals surface area contributed by atoms with E-state index in [1.165, 1.54) is 6.42 Å². The van der Waals surface area contributed by atoms with Gasteiger partial charge in [-0.1, -0.05) is 137 Å². The zero-order chi connectivity index (χ0) is 37.2. The maximum absolute atomic E-state index is 2.76. The molecule has 17 atom stereocenters. The monoisotopic (exact) mass is 751 g/mol. The number of fused-ring (bicyclic) bond motifs is 13. The standard InChI is InChI=1S/C55H90/c1-33-21-22-36-23-26-42-43-28-30-47-51(45(43)32-44(42)48(36)34(33)2)50-41-27-25-40(54(3,4)5)31-39(41)24-29-46(50)55(47)52(37-17-11-7-12-18-37)49(35-15-9-6-10-16-35)53(55)38-19-13-8-14-20-38/h33-53H,6-32H2,1-5H3. The highest BCUT2D eigenvalue weighted by Gasteiger charge is 2.79. The lowest BCUT2D eigenvalue weighted by molar-refractivity contribution is -0.261. The minimum absolute atomic E-state index is 0.502. The Bertz CT molecular complexity index is 1300. The average molecular weight is 751 g/mol. The molecule has 0 aromatic rings. The van der Waals surface area contributed by atoms with Gasteiger partial charge in [0.25, 0.3) is 0 Å². The van der Waals surface area contributed by atoms with Gasteiger partial charge in [-0.2, -0.15) is 0 Å². The summed E-state index contributed by atoms with van der Waals surface area (Å²) < 4.78 is 0. The van der Waals surface area contributed by atoms with Crippen LogP contribution in [0, 0.1) is 135 Å². The maximum Gasteiger partial charge on any atom is -0.0168 e. The summed E-state index contributed by atoms with van der Waals surface area (Å²) in [4.78, 5) is 0. The van der Waals surface area contributed by atoms with E-state index < -0.39 is 0 Å². The van der Waals surface area contributed by atoms with Crippen molar-refractivity contribution in [1.82, 2.24) is 0 Å². The Balaban J connectivity index is 1.03. The maximum atomic E-state index is 2.76. The molecule has 0 amide bonds. The van der Waals surface area contributed by atoms with Crippen LogP contribution in [0.1, 0.15) is 208 Å². The van der Waals surface area contributed by atoms with E-state index in [0.29, 0.717) is 5.41 Å². The van der Waals surface area contributed by atoms with Gasteiger partial charge in [-0.3, -0.25) is 0 Å². The van der Waals surface area contributed by atoms with Crippen LogP contribution in [0.25, 0.3) is 0 Å². The van der Waals surface area contributed by atoms with E-state index in [-0.39, 0.29) is 0 Å². The van der Waals surface area contributed by atoms with Crippen molar-refractivity contribution >= 4 is 0 Å². The Morgan fingerprint density at radius 2 is 0.836 bits per heavy atom. The Morgan fingerprint density at radius 1 is 0.364 bits per heavy atom. The van der Waals surface area contributed by atoms with Gasteiger partial charge in [-0.25, -0.2) is 0 Å². The predicted octanol–water partition coefficient (Wildman–Crippen LogP) is 15.7. The third-order valence-electron chi connectivity index (χ3n) is 23.7. The van der Waals surface area contributed by atoms with Gasteiger partial charge in [-0.15, -0.1) is 0 Å². The third-order valence-corrected chi connectivity index (χ3v) is 23.7. The molecule has 17 unspecified atom stereocenters. The molecule has 55 heavy (non-hydrogen) atoms. The summed E-state index contributed by atoms with van der Waals surface area (Å²) >= 11 is 0. The van der Waals surface area contributed by atoms with Crippen molar-refractivity contribution in [3.05, 3.63) is 0 Å². The van der Waals surface area contributed by atoms with Crippen LogP contribution >= 0.6 is 0 Å². The average Bonchev–Trinajstić information content (AvgIpc) is 3.74. The van der Waals surface area contributed by atoms with Gasteiger partial charge in [0.15, 0.2) is 0 Å². The molecule has 0 aromatic heterocycles. The number of hydrogen-bond acceptors (Lipinski definition) is 0. The molecule has 310 valence electrons. The molecule has 11 aliphatic rings. The van der Waals surface area contributed by atoms with Crippen LogP contribution in [0.15, 0.2) is 0 Å². The van der Waals surface area contributed by atoms with Crippen molar-refractivity contribution in [2.24, 2.45) is 135 Å². The van der Waals surface area contributed by atoms with Gasteiger partial charge in [-0.05, 0) is 206 Å². The lowest BCUT2D eigenvalue weighted by Gasteiger charge is -2.73. The highest BCUT2D eigenvalue weighted by Crippen LogP contribution is 2.84. The second kappa shape index (κ2) is 14.6. The smallest absolute Gasteiger partial charge is 0.0168 e. The van der Waals surface area contributed by atoms with Crippen LogP contribution in [0.4, 0.5) is 0 Å². The minimum atomic E-state index is 0.502. The fourth-order valence-electron chi connectivity index (χ4n) is 22.0. The summed E-state index contributed by atoms with van der Waals surface area (Å²) in [5.74, 6) is 23.0. The highest BCUT2D eigenvalue weighted by molar-refractivity contribution is 5.26. The first kappa shape index (κ1) is 38.0. The van der Waals surface area contributed by atoms with E-state index in [1.807, 2.05) is 0 Å². The van der Waals surface area contributed by atoms with Crippen molar-refractivity contribution in [2.75, 3.05) is 0 Å². The Hall–Kier alpha value is 0. The first-order valence-electron chi connectivity index (χ1n) is 26.8. The Labute approximate surface area is 341 Å². The summed E-state index contributed by atoms with van der Waals surface area (Å²) in [6.45, 7) is 13.3. The molecule has 11 rings (SSSR count). The molecule has 0 aromatic carbocycles. The molecule has 1 spiro atoms. The predicted molar refractivity (Wildman–Crippen MR) is 231 cm³/mol. The van der Waals surface area contributed by atoms with E-state index in [1.54, 1.807) is 167 Å². The topological polar surface area (TPSA) is 0 Å². The van der Waals surface area contributed by atoms with Gasteiger partial charge < -0.3 is 0 Å². The van der Waals surface area contributed by atoms with E-state index in [9.17, 15) is 0 Å². The molecule has 11 fully saturated rings. The van der Waals surface area contributed by atoms with Crippen LogP contribution in [0.5, 0.6) is 0 Å². The normalized spacial score (nSPS) is 54.7. The molecule has 0 saturated heterocycles. The van der Waals surface area contributed by atoms with E-state index in [2.05, 4.69) is 34.6 Å². The van der Waals surface area contributed by atoms with E-state index >= 15 is 0 Å². The lowest BCUT2D eigenvalue weighted by Crippen LogP contribution is -2.69. The molecule has 0 aliphatic heterocycles. The van der Waals surface area contributed by atoms with Crippen molar-refractivity contribution < 1.29 is 0 Å². The molecular weight excluding hydrogens is 661 g/mol. The summed E-state index contributed by atoms with van der Waals surface area (Å²) in [5.41, 5.74) is 1.25. The van der Waals surface area contributed by atoms with Crippen LogP contribution in [-0.4, -0.2) is 0 Å². The second-order valence-electron chi connectivity index (χ2n) is 25.9. The molecule has 0 heteroatoms. The van der Waals surface area contributed by atoms with Crippen molar-refractivity contribution in [2.45, 2.75) is 208 Å². The first-order valence-corrected chi connectivity index (χ1v) is 26.8. The molecular formula is C55H90. The Kier molecular flexibility index (Phi) is 10.1. The molecule has 11 aliphatic carbocycles. The zero-order valence-electron chi connectivity index (χ0n) is 37.2. The number of rotatable bonds is 3. The van der Waals surface area contributed by atoms with Gasteiger partial charge in [0, 0.05) is 0 Å². The lowest BCUT2D eigenvalue weighted by atomic mass is 9.31. The summed E-state index contributed by atoms with van der Waals surface area (Å²) in [5, 5.41) is 0. The summed E-state index contributed by atoms with van der Waals surface area (Å²) in [6.07, 6.45) is 43.5. The molecule has 0 bridgehead atoms. The molecule has 0 N–H and O–H groups in total. The Morgan fingerprint density at radius 3 is 1.45 bits per heavy atom. The molecule has 0 radical (unpaired) electrons. The van der Waals surface area contributed by atoms with Crippen LogP contribution in [0.3, 0.4) is 0 Å². The molecule has 11 saturated carbocycles. The van der Waals surface area contributed by atoms with Crippen LogP contribution in [-0.2, 0) is 0 Å². The van der Waals surface area contributed by atoms with Gasteiger partial charge in [0.2, 0.25) is 0 Å². The summed E-state index contributed by atoms with van der Waals surface area (Å²) in [6, 6.07) is 0. The SMILES string of the molecule is CC1CCC2CCC3C4CCC5C(C4CC3C2C1C)C1C2CCC(C(C)(C)C)CC2CCC1C51C(C2CCCCC2)C(C2CCCCC2)C1C1CCCCC1. The van der Waals surface area contributed by atoms with Crippen LogP contribution < -0.4 is 0 Å². The quantitative estimate of drug-likeness (QED) is 0.269.